The number of para-hydroxylation sites is 1. The minimum Gasteiger partial charge on any atom is -0.440 e. The molecule has 150 valence electrons. The van der Waals surface area contributed by atoms with Crippen LogP contribution in [-0.4, -0.2) is 62.6 Å². The van der Waals surface area contributed by atoms with Gasteiger partial charge in [0.1, 0.15) is 13.1 Å². The fourth-order valence-corrected chi connectivity index (χ4v) is 4.51. The summed E-state index contributed by atoms with van der Waals surface area (Å²) < 4.78 is 12.8. The van der Waals surface area contributed by atoms with E-state index < -0.39 is 0 Å². The Morgan fingerprint density at radius 2 is 1.93 bits per heavy atom. The van der Waals surface area contributed by atoms with Crippen molar-refractivity contribution >= 4 is 11.8 Å². The third kappa shape index (κ3) is 5.02. The third-order valence-electron chi connectivity index (χ3n) is 6.23. The number of piperidine rings is 3. The van der Waals surface area contributed by atoms with Gasteiger partial charge in [-0.1, -0.05) is 31.5 Å². The van der Waals surface area contributed by atoms with Crippen LogP contribution in [-0.2, 0) is 9.47 Å². The smallest absolute Gasteiger partial charge is 0.414 e. The Morgan fingerprint density at radius 3 is 2.59 bits per heavy atom. The standard InChI is InChI=1S/C22H35N2O3/c1-3-5-13-23(20-9-7-6-8-10-20)22(25)27-21-18-24(16-17-26-4-2)14-11-19(21)12-15-24/h6-10,19,21H,3-5,11-18H2,1-2H3/q+1/t19?,21-,24?/m0/s1. The molecule has 1 aromatic rings. The van der Waals surface area contributed by atoms with Crippen LogP contribution in [0.3, 0.4) is 0 Å². The van der Waals surface area contributed by atoms with Crippen molar-refractivity contribution in [2.24, 2.45) is 5.92 Å². The lowest BCUT2D eigenvalue weighted by Crippen LogP contribution is -2.65. The Balaban J connectivity index is 1.64. The van der Waals surface area contributed by atoms with E-state index in [-0.39, 0.29) is 12.2 Å². The lowest BCUT2D eigenvalue weighted by molar-refractivity contribution is -0.946. The van der Waals surface area contributed by atoms with Crippen molar-refractivity contribution in [1.29, 1.82) is 0 Å². The zero-order valence-corrected chi connectivity index (χ0v) is 16.9. The molecule has 0 N–H and O–H groups in total. The van der Waals surface area contributed by atoms with Crippen molar-refractivity contribution in [3.8, 4) is 0 Å². The highest BCUT2D eigenvalue weighted by atomic mass is 16.6. The van der Waals surface area contributed by atoms with Gasteiger partial charge >= 0.3 is 6.09 Å². The second-order valence-corrected chi connectivity index (χ2v) is 7.99. The molecule has 0 aliphatic carbocycles. The lowest BCUT2D eigenvalue weighted by atomic mass is 9.83. The first-order valence-electron chi connectivity index (χ1n) is 10.6. The Labute approximate surface area is 163 Å². The van der Waals surface area contributed by atoms with Crippen LogP contribution in [0, 0.1) is 5.92 Å². The highest BCUT2D eigenvalue weighted by molar-refractivity contribution is 5.87. The molecule has 27 heavy (non-hydrogen) atoms. The van der Waals surface area contributed by atoms with E-state index in [1.54, 1.807) is 0 Å². The van der Waals surface area contributed by atoms with Crippen LogP contribution in [0.15, 0.2) is 30.3 Å². The molecule has 2 bridgehead atoms. The number of carbonyl (C=O) groups is 1. The second-order valence-electron chi connectivity index (χ2n) is 7.99. The van der Waals surface area contributed by atoms with Crippen LogP contribution in [0.1, 0.15) is 39.5 Å². The number of benzene rings is 1. The van der Waals surface area contributed by atoms with Gasteiger partial charge in [-0.3, -0.25) is 4.90 Å². The Bertz CT molecular complexity index is 584. The number of hydrogen-bond acceptors (Lipinski definition) is 3. The Kier molecular flexibility index (Phi) is 7.13. The van der Waals surface area contributed by atoms with Gasteiger partial charge in [0.05, 0.1) is 19.7 Å². The summed E-state index contributed by atoms with van der Waals surface area (Å²) in [6, 6.07) is 9.91. The quantitative estimate of drug-likeness (QED) is 0.482. The summed E-state index contributed by atoms with van der Waals surface area (Å²) in [5.41, 5.74) is 0.928. The van der Waals surface area contributed by atoms with Gasteiger partial charge in [0.15, 0.2) is 6.10 Å². The van der Waals surface area contributed by atoms with Crippen LogP contribution in [0.2, 0.25) is 0 Å². The molecule has 3 fully saturated rings. The topological polar surface area (TPSA) is 38.8 Å². The number of hydrogen-bond donors (Lipinski definition) is 0. The molecule has 3 aliphatic heterocycles. The van der Waals surface area contributed by atoms with Gasteiger partial charge in [0.25, 0.3) is 0 Å². The average Bonchev–Trinajstić information content (AvgIpc) is 2.70. The zero-order chi connectivity index (χ0) is 19.1. The third-order valence-corrected chi connectivity index (χ3v) is 6.23. The summed E-state index contributed by atoms with van der Waals surface area (Å²) in [6.07, 6.45) is 4.20. The number of fused-ring (bicyclic) bond motifs is 3. The molecule has 5 heteroatoms. The molecule has 1 aromatic carbocycles. The van der Waals surface area contributed by atoms with E-state index in [1.807, 2.05) is 42.2 Å². The number of quaternary nitrogens is 1. The van der Waals surface area contributed by atoms with Gasteiger partial charge in [0, 0.05) is 37.6 Å². The maximum Gasteiger partial charge on any atom is 0.414 e. The Morgan fingerprint density at radius 1 is 1.19 bits per heavy atom. The molecular formula is C22H35N2O3+. The summed E-state index contributed by atoms with van der Waals surface area (Å²) >= 11 is 0. The molecule has 0 aromatic heterocycles. The fourth-order valence-electron chi connectivity index (χ4n) is 4.51. The normalized spacial score (nSPS) is 26.7. The molecule has 0 unspecified atom stereocenters. The molecule has 3 saturated heterocycles. The van der Waals surface area contributed by atoms with E-state index >= 15 is 0 Å². The van der Waals surface area contributed by atoms with E-state index in [9.17, 15) is 4.79 Å². The van der Waals surface area contributed by atoms with Gasteiger partial charge in [0.2, 0.25) is 0 Å². The van der Waals surface area contributed by atoms with Gasteiger partial charge in [-0.2, -0.15) is 0 Å². The molecule has 3 heterocycles. The number of amides is 1. The first kappa shape index (κ1) is 20.2. The van der Waals surface area contributed by atoms with Crippen LogP contribution < -0.4 is 4.90 Å². The van der Waals surface area contributed by atoms with Crippen molar-refractivity contribution < 1.29 is 18.8 Å². The molecule has 1 atom stereocenters. The van der Waals surface area contributed by atoms with Crippen molar-refractivity contribution in [1.82, 2.24) is 0 Å². The first-order chi connectivity index (χ1) is 13.2. The van der Waals surface area contributed by atoms with Crippen LogP contribution in [0.25, 0.3) is 0 Å². The maximum atomic E-state index is 13.0. The van der Waals surface area contributed by atoms with Crippen LogP contribution in [0.5, 0.6) is 0 Å². The number of rotatable bonds is 9. The molecule has 0 radical (unpaired) electrons. The van der Waals surface area contributed by atoms with E-state index in [1.165, 1.54) is 13.1 Å². The van der Waals surface area contributed by atoms with Crippen LogP contribution >= 0.6 is 0 Å². The summed E-state index contributed by atoms with van der Waals surface area (Å²) in [6.45, 7) is 10.8. The minimum absolute atomic E-state index is 0.0365. The number of unbranched alkanes of at least 4 members (excludes halogenated alkanes) is 1. The van der Waals surface area contributed by atoms with Crippen LogP contribution in [0.4, 0.5) is 10.5 Å². The number of carbonyl (C=O) groups excluding carboxylic acids is 1. The van der Waals surface area contributed by atoms with Crippen molar-refractivity contribution in [3.63, 3.8) is 0 Å². The highest BCUT2D eigenvalue weighted by Crippen LogP contribution is 2.36. The number of nitrogens with zero attached hydrogens (tertiary/aromatic N) is 2. The predicted octanol–water partition coefficient (Wildman–Crippen LogP) is 4.08. The van der Waals surface area contributed by atoms with Gasteiger partial charge < -0.3 is 14.0 Å². The predicted molar refractivity (Wildman–Crippen MR) is 108 cm³/mol. The van der Waals surface area contributed by atoms with E-state index in [2.05, 4.69) is 6.92 Å². The summed E-state index contributed by atoms with van der Waals surface area (Å²) in [4.78, 5) is 14.8. The minimum atomic E-state index is -0.184. The molecule has 4 rings (SSSR count). The molecule has 1 amide bonds. The highest BCUT2D eigenvalue weighted by Gasteiger charge is 2.47. The fraction of sp³-hybridized carbons (Fsp3) is 0.682. The summed E-state index contributed by atoms with van der Waals surface area (Å²) in [7, 11) is 0. The van der Waals surface area contributed by atoms with E-state index in [0.29, 0.717) is 12.5 Å². The van der Waals surface area contributed by atoms with Gasteiger partial charge in [-0.25, -0.2) is 4.79 Å². The van der Waals surface area contributed by atoms with Crippen molar-refractivity contribution in [2.45, 2.75) is 45.6 Å². The molecule has 3 aliphatic rings. The van der Waals surface area contributed by atoms with E-state index in [0.717, 1.165) is 62.2 Å². The largest absolute Gasteiger partial charge is 0.440 e. The zero-order valence-electron chi connectivity index (χ0n) is 16.9. The van der Waals surface area contributed by atoms with E-state index in [4.69, 9.17) is 9.47 Å². The lowest BCUT2D eigenvalue weighted by Gasteiger charge is -2.52. The number of ether oxygens (including phenoxy) is 2. The monoisotopic (exact) mass is 375 g/mol. The molecule has 0 saturated carbocycles. The average molecular weight is 376 g/mol. The summed E-state index contributed by atoms with van der Waals surface area (Å²) in [5.74, 6) is 0.518. The first-order valence-corrected chi connectivity index (χ1v) is 10.6. The van der Waals surface area contributed by atoms with Crippen molar-refractivity contribution in [2.75, 3.05) is 50.8 Å². The van der Waals surface area contributed by atoms with Gasteiger partial charge in [-0.15, -0.1) is 0 Å². The molecule has 0 spiro atoms. The SMILES string of the molecule is CCCCN(C(=O)O[C@H]1C[N+]2(CCOCC)CCC1CC2)c1ccccc1. The number of anilines is 1. The molecule has 5 nitrogen and oxygen atoms in total. The maximum absolute atomic E-state index is 13.0. The Hall–Kier alpha value is -1.59. The van der Waals surface area contributed by atoms with Crippen molar-refractivity contribution in [3.05, 3.63) is 30.3 Å². The summed E-state index contributed by atoms with van der Waals surface area (Å²) in [5, 5.41) is 0. The van der Waals surface area contributed by atoms with Gasteiger partial charge in [-0.05, 0) is 25.5 Å². The second kappa shape index (κ2) is 9.56. The molecular weight excluding hydrogens is 340 g/mol.